The van der Waals surface area contributed by atoms with Crippen LogP contribution in [0.15, 0.2) is 74.3 Å². The molecule has 5 nitrogen and oxygen atoms in total. The summed E-state index contributed by atoms with van der Waals surface area (Å²) in [5, 5.41) is 10.4. The van der Waals surface area contributed by atoms with Crippen LogP contribution in [-0.2, 0) is 0 Å². The molecule has 0 saturated carbocycles. The Balaban J connectivity index is 2.00. The van der Waals surface area contributed by atoms with Gasteiger partial charge >= 0.3 is 5.63 Å². The van der Waals surface area contributed by atoms with E-state index in [2.05, 4.69) is 27.0 Å². The zero-order valence-corrected chi connectivity index (χ0v) is 16.4. The molecule has 0 fully saturated rings. The fraction of sp³-hybridized carbons (Fsp3) is 0.0455. The maximum absolute atomic E-state index is 12.6. The maximum atomic E-state index is 12.6. The standard InChI is InChI=1S/C22H13BrN2O3/c1-27-21-18(12-24)16(13-6-8-15(23)9-7-13)11-19(25-21)17-10-14-4-2-3-5-20(14)28-22(17)26/h2-11H,1H3. The first-order valence-corrected chi connectivity index (χ1v) is 9.18. The normalized spacial score (nSPS) is 10.6. The molecule has 0 aliphatic heterocycles. The number of halogens is 1. The van der Waals surface area contributed by atoms with Crippen molar-refractivity contribution in [1.82, 2.24) is 4.98 Å². The Bertz CT molecular complexity index is 1290. The van der Waals surface area contributed by atoms with E-state index in [-0.39, 0.29) is 5.88 Å². The monoisotopic (exact) mass is 432 g/mol. The number of para-hydroxylation sites is 1. The van der Waals surface area contributed by atoms with Crippen LogP contribution >= 0.6 is 15.9 Å². The van der Waals surface area contributed by atoms with Crippen molar-refractivity contribution in [3.8, 4) is 34.3 Å². The van der Waals surface area contributed by atoms with Crippen LogP contribution in [0.2, 0.25) is 0 Å². The van der Waals surface area contributed by atoms with Gasteiger partial charge in [-0.2, -0.15) is 5.26 Å². The number of nitriles is 1. The van der Waals surface area contributed by atoms with Gasteiger partial charge in [-0.25, -0.2) is 9.78 Å². The molecule has 0 atom stereocenters. The van der Waals surface area contributed by atoms with Gasteiger partial charge in [-0.1, -0.05) is 46.3 Å². The molecular weight excluding hydrogens is 420 g/mol. The minimum Gasteiger partial charge on any atom is -0.480 e. The number of ether oxygens (including phenoxy) is 1. The third-order valence-corrected chi connectivity index (χ3v) is 4.89. The minimum atomic E-state index is -0.500. The zero-order chi connectivity index (χ0) is 19.7. The van der Waals surface area contributed by atoms with Crippen LogP contribution in [0, 0.1) is 11.3 Å². The average Bonchev–Trinajstić information content (AvgIpc) is 2.72. The maximum Gasteiger partial charge on any atom is 0.345 e. The first kappa shape index (κ1) is 18.0. The Labute approximate surface area is 169 Å². The van der Waals surface area contributed by atoms with Crippen LogP contribution in [0.1, 0.15) is 5.56 Å². The first-order chi connectivity index (χ1) is 13.6. The van der Waals surface area contributed by atoms with Crippen molar-refractivity contribution in [2.75, 3.05) is 7.11 Å². The van der Waals surface area contributed by atoms with E-state index in [0.29, 0.717) is 28.0 Å². The number of benzene rings is 2. The van der Waals surface area contributed by atoms with Gasteiger partial charge in [0.05, 0.1) is 18.4 Å². The third kappa shape index (κ3) is 3.17. The highest BCUT2D eigenvalue weighted by molar-refractivity contribution is 9.10. The van der Waals surface area contributed by atoms with Gasteiger partial charge in [0.2, 0.25) is 5.88 Å². The summed E-state index contributed by atoms with van der Waals surface area (Å²) in [6.45, 7) is 0. The Kier molecular flexibility index (Phi) is 4.68. The van der Waals surface area contributed by atoms with Gasteiger partial charge in [-0.3, -0.25) is 0 Å². The fourth-order valence-electron chi connectivity index (χ4n) is 3.01. The molecule has 0 saturated heterocycles. The van der Waals surface area contributed by atoms with E-state index in [1.165, 1.54) is 7.11 Å². The van der Waals surface area contributed by atoms with Crippen molar-refractivity contribution < 1.29 is 9.15 Å². The molecule has 2 aromatic heterocycles. The summed E-state index contributed by atoms with van der Waals surface area (Å²) in [7, 11) is 1.45. The summed E-state index contributed by atoms with van der Waals surface area (Å²) < 4.78 is 11.7. The van der Waals surface area contributed by atoms with Crippen LogP contribution in [0.3, 0.4) is 0 Å². The predicted molar refractivity (Wildman–Crippen MR) is 110 cm³/mol. The highest BCUT2D eigenvalue weighted by atomic mass is 79.9. The van der Waals surface area contributed by atoms with Crippen LogP contribution in [0.25, 0.3) is 33.4 Å². The molecule has 2 heterocycles. The van der Waals surface area contributed by atoms with Crippen molar-refractivity contribution in [3.05, 3.63) is 81.1 Å². The summed E-state index contributed by atoms with van der Waals surface area (Å²) >= 11 is 3.41. The minimum absolute atomic E-state index is 0.158. The van der Waals surface area contributed by atoms with Gasteiger partial charge in [0.25, 0.3) is 0 Å². The third-order valence-electron chi connectivity index (χ3n) is 4.36. The molecule has 0 radical (unpaired) electrons. The SMILES string of the molecule is COc1nc(-c2cc3ccccc3oc2=O)cc(-c2ccc(Br)cc2)c1C#N. The smallest absolute Gasteiger partial charge is 0.345 e. The van der Waals surface area contributed by atoms with Crippen molar-refractivity contribution >= 4 is 26.9 Å². The molecule has 0 unspecified atom stereocenters. The molecule has 6 heteroatoms. The van der Waals surface area contributed by atoms with Gasteiger partial charge in [0.15, 0.2) is 0 Å². The largest absolute Gasteiger partial charge is 0.480 e. The van der Waals surface area contributed by atoms with Gasteiger partial charge in [0.1, 0.15) is 17.2 Å². The lowest BCUT2D eigenvalue weighted by Crippen LogP contribution is -2.06. The van der Waals surface area contributed by atoms with Crippen LogP contribution in [0.5, 0.6) is 5.88 Å². The molecule has 0 bridgehead atoms. The molecule has 2 aromatic carbocycles. The molecule has 0 aliphatic rings. The summed E-state index contributed by atoms with van der Waals surface area (Å²) in [6, 6.07) is 20.4. The van der Waals surface area contributed by atoms with Crippen molar-refractivity contribution in [2.24, 2.45) is 0 Å². The van der Waals surface area contributed by atoms with Crippen LogP contribution < -0.4 is 10.4 Å². The van der Waals surface area contributed by atoms with Crippen molar-refractivity contribution in [3.63, 3.8) is 0 Å². The van der Waals surface area contributed by atoms with E-state index < -0.39 is 5.63 Å². The second-order valence-corrected chi connectivity index (χ2v) is 6.96. The lowest BCUT2D eigenvalue weighted by Gasteiger charge is -2.11. The summed E-state index contributed by atoms with van der Waals surface area (Å²) in [4.78, 5) is 17.0. The van der Waals surface area contributed by atoms with Gasteiger partial charge in [0, 0.05) is 15.4 Å². The molecule has 0 aliphatic carbocycles. The van der Waals surface area contributed by atoms with Crippen molar-refractivity contribution in [1.29, 1.82) is 5.26 Å². The van der Waals surface area contributed by atoms with Gasteiger partial charge < -0.3 is 9.15 Å². The number of pyridine rings is 1. The van der Waals surface area contributed by atoms with E-state index >= 15 is 0 Å². The fourth-order valence-corrected chi connectivity index (χ4v) is 3.28. The number of fused-ring (bicyclic) bond motifs is 1. The van der Waals surface area contributed by atoms with E-state index in [9.17, 15) is 10.1 Å². The zero-order valence-electron chi connectivity index (χ0n) is 14.8. The Morgan fingerprint density at radius 3 is 2.54 bits per heavy atom. The lowest BCUT2D eigenvalue weighted by molar-refractivity contribution is 0.397. The first-order valence-electron chi connectivity index (χ1n) is 8.39. The van der Waals surface area contributed by atoms with E-state index in [0.717, 1.165) is 15.4 Å². The molecule has 136 valence electrons. The number of methoxy groups -OCH3 is 1. The quantitative estimate of drug-likeness (QED) is 0.417. The molecule has 4 rings (SSSR count). The number of hydrogen-bond donors (Lipinski definition) is 0. The predicted octanol–water partition coefficient (Wildman–Crippen LogP) is 5.16. The topological polar surface area (TPSA) is 76.1 Å². The van der Waals surface area contributed by atoms with E-state index in [4.69, 9.17) is 9.15 Å². The molecule has 0 spiro atoms. The van der Waals surface area contributed by atoms with E-state index in [1.807, 2.05) is 36.4 Å². The van der Waals surface area contributed by atoms with Crippen molar-refractivity contribution in [2.45, 2.75) is 0 Å². The summed E-state index contributed by atoms with van der Waals surface area (Å²) in [6.07, 6.45) is 0. The number of hydrogen-bond acceptors (Lipinski definition) is 5. The molecule has 0 amide bonds. The molecule has 4 aromatic rings. The van der Waals surface area contributed by atoms with Crippen LogP contribution in [0.4, 0.5) is 0 Å². The molecular formula is C22H13BrN2O3. The lowest BCUT2D eigenvalue weighted by atomic mass is 9.99. The summed E-state index contributed by atoms with van der Waals surface area (Å²) in [5.41, 5.74) is 2.44. The number of rotatable bonds is 3. The molecule has 28 heavy (non-hydrogen) atoms. The Morgan fingerprint density at radius 1 is 1.07 bits per heavy atom. The second kappa shape index (κ2) is 7.29. The second-order valence-electron chi connectivity index (χ2n) is 6.04. The highest BCUT2D eigenvalue weighted by Crippen LogP contribution is 2.33. The molecule has 0 N–H and O–H groups in total. The van der Waals surface area contributed by atoms with Crippen LogP contribution in [-0.4, -0.2) is 12.1 Å². The number of nitrogens with zero attached hydrogens (tertiary/aromatic N) is 2. The van der Waals surface area contributed by atoms with Gasteiger partial charge in [-0.05, 0) is 35.9 Å². The highest BCUT2D eigenvalue weighted by Gasteiger charge is 2.18. The summed E-state index contributed by atoms with van der Waals surface area (Å²) in [5.74, 6) is 0.158. The Morgan fingerprint density at radius 2 is 1.82 bits per heavy atom. The number of aromatic nitrogens is 1. The van der Waals surface area contributed by atoms with E-state index in [1.54, 1.807) is 24.3 Å². The Hall–Kier alpha value is -3.43. The average molecular weight is 433 g/mol. The van der Waals surface area contributed by atoms with Gasteiger partial charge in [-0.15, -0.1) is 0 Å².